The van der Waals surface area contributed by atoms with Crippen LogP contribution in [-0.4, -0.2) is 28.0 Å². The molecular weight excluding hydrogens is 186 g/mol. The Hall–Kier alpha value is -1.02. The van der Waals surface area contributed by atoms with E-state index in [9.17, 15) is 0 Å². The highest BCUT2D eigenvalue weighted by Gasteiger charge is 1.84. The Labute approximate surface area is 69.8 Å². The Morgan fingerprint density at radius 3 is 1.42 bits per heavy atom. The summed E-state index contributed by atoms with van der Waals surface area (Å²) in [4.78, 5) is 3.78. The van der Waals surface area contributed by atoms with E-state index in [1.54, 1.807) is 12.4 Å². The van der Waals surface area contributed by atoms with Gasteiger partial charge in [0.1, 0.15) is 0 Å². The highest BCUT2D eigenvalue weighted by atomic mass is 32.3. The van der Waals surface area contributed by atoms with Gasteiger partial charge in [0.15, 0.2) is 0 Å². The lowest BCUT2D eigenvalue weighted by atomic mass is 10.5. The molecule has 0 aliphatic heterocycles. The SMILES string of the molecule is O.O=S(=O)(O)O.c1ccncc1. The third-order valence-corrected chi connectivity index (χ3v) is 0.566. The Kier molecular flexibility index (Phi) is 7.54. The first kappa shape index (κ1) is 13.6. The van der Waals surface area contributed by atoms with Gasteiger partial charge in [-0.05, 0) is 12.1 Å². The van der Waals surface area contributed by atoms with E-state index in [-0.39, 0.29) is 5.48 Å². The Balaban J connectivity index is 0. The van der Waals surface area contributed by atoms with Crippen molar-refractivity contribution in [2.45, 2.75) is 0 Å². The maximum Gasteiger partial charge on any atom is 0.394 e. The number of pyridine rings is 1. The molecule has 4 N–H and O–H groups in total. The van der Waals surface area contributed by atoms with Crippen LogP contribution in [0.1, 0.15) is 0 Å². The van der Waals surface area contributed by atoms with Crippen LogP contribution in [0.25, 0.3) is 0 Å². The van der Waals surface area contributed by atoms with Gasteiger partial charge in [-0.25, -0.2) is 0 Å². The molecule has 70 valence electrons. The second kappa shape index (κ2) is 6.68. The van der Waals surface area contributed by atoms with E-state index < -0.39 is 10.4 Å². The molecule has 0 aliphatic carbocycles. The van der Waals surface area contributed by atoms with Gasteiger partial charge in [-0.3, -0.25) is 14.1 Å². The quantitative estimate of drug-likeness (QED) is 0.546. The first-order valence-corrected chi connectivity index (χ1v) is 3.95. The molecule has 1 heterocycles. The minimum atomic E-state index is -4.67. The summed E-state index contributed by atoms with van der Waals surface area (Å²) in [5.74, 6) is 0. The molecule has 0 fully saturated rings. The summed E-state index contributed by atoms with van der Waals surface area (Å²) in [6, 6.07) is 5.72. The topological polar surface area (TPSA) is 119 Å². The minimum Gasteiger partial charge on any atom is -0.412 e. The van der Waals surface area contributed by atoms with Crippen LogP contribution >= 0.6 is 0 Å². The molecule has 0 aromatic carbocycles. The maximum atomic E-state index is 8.74. The van der Waals surface area contributed by atoms with Crippen molar-refractivity contribution in [3.05, 3.63) is 30.6 Å². The van der Waals surface area contributed by atoms with Gasteiger partial charge in [-0.2, -0.15) is 8.42 Å². The van der Waals surface area contributed by atoms with E-state index in [0.717, 1.165) is 0 Å². The Morgan fingerprint density at radius 2 is 1.33 bits per heavy atom. The highest BCUT2D eigenvalue weighted by molar-refractivity contribution is 7.79. The zero-order valence-corrected chi connectivity index (χ0v) is 6.77. The van der Waals surface area contributed by atoms with E-state index in [4.69, 9.17) is 17.5 Å². The van der Waals surface area contributed by atoms with Gasteiger partial charge < -0.3 is 5.48 Å². The normalized spacial score (nSPS) is 8.83. The second-order valence-corrected chi connectivity index (χ2v) is 2.37. The number of rotatable bonds is 0. The lowest BCUT2D eigenvalue weighted by Crippen LogP contribution is -1.89. The number of aromatic nitrogens is 1. The molecule has 1 rings (SSSR count). The fourth-order valence-electron chi connectivity index (χ4n) is 0.313. The monoisotopic (exact) mass is 195 g/mol. The van der Waals surface area contributed by atoms with Gasteiger partial charge in [0.2, 0.25) is 0 Å². The summed E-state index contributed by atoms with van der Waals surface area (Å²) < 4.78 is 31.6. The van der Waals surface area contributed by atoms with Gasteiger partial charge in [-0.1, -0.05) is 6.07 Å². The van der Waals surface area contributed by atoms with Crippen molar-refractivity contribution in [2.75, 3.05) is 0 Å². The van der Waals surface area contributed by atoms with Crippen LogP contribution < -0.4 is 0 Å². The molecular formula is C5H9NO5S. The van der Waals surface area contributed by atoms with Gasteiger partial charge in [0, 0.05) is 12.4 Å². The van der Waals surface area contributed by atoms with Crippen molar-refractivity contribution in [2.24, 2.45) is 0 Å². The molecule has 0 unspecified atom stereocenters. The third kappa shape index (κ3) is 23.1. The Bertz CT molecular complexity index is 236. The smallest absolute Gasteiger partial charge is 0.394 e. The highest BCUT2D eigenvalue weighted by Crippen LogP contribution is 1.73. The van der Waals surface area contributed by atoms with Crippen LogP contribution in [0.5, 0.6) is 0 Å². The lowest BCUT2D eigenvalue weighted by molar-refractivity contribution is 0.381. The average molecular weight is 195 g/mol. The van der Waals surface area contributed by atoms with Crippen LogP contribution in [0.3, 0.4) is 0 Å². The summed E-state index contributed by atoms with van der Waals surface area (Å²) in [7, 11) is -4.67. The van der Waals surface area contributed by atoms with Crippen molar-refractivity contribution in [3.8, 4) is 0 Å². The lowest BCUT2D eigenvalue weighted by Gasteiger charge is -1.70. The van der Waals surface area contributed by atoms with Crippen LogP contribution in [0.15, 0.2) is 30.6 Å². The number of hydrogen-bond acceptors (Lipinski definition) is 3. The fraction of sp³-hybridized carbons (Fsp3) is 0. The second-order valence-electron chi connectivity index (χ2n) is 1.47. The first-order chi connectivity index (χ1) is 5.00. The van der Waals surface area contributed by atoms with Crippen molar-refractivity contribution in [1.82, 2.24) is 4.98 Å². The summed E-state index contributed by atoms with van der Waals surface area (Å²) in [6.07, 6.45) is 3.50. The molecule has 7 heteroatoms. The molecule has 12 heavy (non-hydrogen) atoms. The third-order valence-electron chi connectivity index (χ3n) is 0.566. The van der Waals surface area contributed by atoms with Gasteiger partial charge in [0.25, 0.3) is 0 Å². The molecule has 0 atom stereocenters. The molecule has 1 aromatic rings. The molecule has 0 aliphatic rings. The standard InChI is InChI=1S/C5H5N.H2O4S.H2O/c1-2-4-6-5-3-1;1-5(2,3)4;/h1-5H;(H2,1,2,3,4);1H2. The molecule has 0 bridgehead atoms. The van der Waals surface area contributed by atoms with Crippen molar-refractivity contribution < 1.29 is 23.0 Å². The summed E-state index contributed by atoms with van der Waals surface area (Å²) in [6.45, 7) is 0. The Morgan fingerprint density at radius 1 is 1.00 bits per heavy atom. The molecule has 0 saturated heterocycles. The van der Waals surface area contributed by atoms with Gasteiger partial charge >= 0.3 is 10.4 Å². The van der Waals surface area contributed by atoms with Crippen LogP contribution in [-0.2, 0) is 10.4 Å². The van der Waals surface area contributed by atoms with Crippen LogP contribution in [0.4, 0.5) is 0 Å². The number of hydrogen-bond donors (Lipinski definition) is 2. The average Bonchev–Trinajstić information content (AvgIpc) is 1.88. The van der Waals surface area contributed by atoms with Crippen LogP contribution in [0.2, 0.25) is 0 Å². The number of nitrogens with zero attached hydrogens (tertiary/aromatic N) is 1. The molecule has 6 nitrogen and oxygen atoms in total. The van der Waals surface area contributed by atoms with Crippen molar-refractivity contribution >= 4 is 10.4 Å². The molecule has 0 amide bonds. The molecule has 0 radical (unpaired) electrons. The first-order valence-electron chi connectivity index (χ1n) is 2.55. The summed E-state index contributed by atoms with van der Waals surface area (Å²) in [5.41, 5.74) is 0. The largest absolute Gasteiger partial charge is 0.412 e. The molecule has 1 aromatic heterocycles. The summed E-state index contributed by atoms with van der Waals surface area (Å²) in [5, 5.41) is 0. The van der Waals surface area contributed by atoms with E-state index >= 15 is 0 Å². The predicted molar refractivity (Wildman–Crippen MR) is 42.0 cm³/mol. The fourth-order valence-corrected chi connectivity index (χ4v) is 0.313. The minimum absolute atomic E-state index is 0. The predicted octanol–water partition coefficient (Wildman–Crippen LogP) is -0.396. The zero-order chi connectivity index (χ0) is 8.74. The molecule has 0 spiro atoms. The summed E-state index contributed by atoms with van der Waals surface area (Å²) >= 11 is 0. The van der Waals surface area contributed by atoms with E-state index in [1.807, 2.05) is 18.2 Å². The van der Waals surface area contributed by atoms with E-state index in [0.29, 0.717) is 0 Å². The van der Waals surface area contributed by atoms with Crippen molar-refractivity contribution in [1.29, 1.82) is 0 Å². The van der Waals surface area contributed by atoms with E-state index in [2.05, 4.69) is 4.98 Å². The van der Waals surface area contributed by atoms with Crippen molar-refractivity contribution in [3.63, 3.8) is 0 Å². The molecule has 0 saturated carbocycles. The van der Waals surface area contributed by atoms with Crippen LogP contribution in [0, 0.1) is 0 Å². The maximum absolute atomic E-state index is 8.74. The zero-order valence-electron chi connectivity index (χ0n) is 5.95. The van der Waals surface area contributed by atoms with Gasteiger partial charge in [-0.15, -0.1) is 0 Å². The van der Waals surface area contributed by atoms with Gasteiger partial charge in [0.05, 0.1) is 0 Å². The van der Waals surface area contributed by atoms with E-state index in [1.165, 1.54) is 0 Å².